The molecule has 174 valence electrons. The maximum Gasteiger partial charge on any atom is 0.209 e. The molecule has 0 heterocycles. The highest BCUT2D eigenvalue weighted by Gasteiger charge is 2.51. The highest BCUT2D eigenvalue weighted by atomic mass is 16.3. The number of nitriles is 1. The van der Waals surface area contributed by atoms with E-state index in [0.29, 0.717) is 11.7 Å². The number of hydrogen-bond donors (Lipinski definition) is 3. The first-order chi connectivity index (χ1) is 15.8. The number of phenolic OH excluding ortho intramolecular Hbond substituents is 1. The van der Waals surface area contributed by atoms with E-state index in [4.69, 9.17) is 0 Å². The van der Waals surface area contributed by atoms with Gasteiger partial charge in [0, 0.05) is 12.1 Å². The molecule has 0 amide bonds. The lowest BCUT2D eigenvalue weighted by molar-refractivity contribution is 0.226. The van der Waals surface area contributed by atoms with E-state index in [0.717, 1.165) is 49.7 Å². The molecular weight excluding hydrogens is 410 g/mol. The summed E-state index contributed by atoms with van der Waals surface area (Å²) in [6.07, 6.45) is 7.92. The van der Waals surface area contributed by atoms with Gasteiger partial charge in [0.15, 0.2) is 0 Å². The molecule has 2 aromatic rings. The lowest BCUT2D eigenvalue weighted by atomic mass is 9.88. The van der Waals surface area contributed by atoms with Crippen LogP contribution in [0.3, 0.4) is 0 Å². The topological polar surface area (TPSA) is 83.7 Å². The van der Waals surface area contributed by atoms with Gasteiger partial charge in [-0.1, -0.05) is 36.4 Å². The van der Waals surface area contributed by atoms with Crippen molar-refractivity contribution in [3.63, 3.8) is 0 Å². The Bertz CT molecular complexity index is 1060. The van der Waals surface area contributed by atoms with Crippen LogP contribution in [0.2, 0.25) is 0 Å². The largest absolute Gasteiger partial charge is 0.507 e. The fourth-order valence-electron chi connectivity index (χ4n) is 5.33. The maximum absolute atomic E-state index is 10.2. The summed E-state index contributed by atoms with van der Waals surface area (Å²) in [6.45, 7) is 3.90. The summed E-state index contributed by atoms with van der Waals surface area (Å²) in [6, 6.07) is 13.3. The number of hydrogen-bond acceptors (Lipinski definition) is 4. The zero-order chi connectivity index (χ0) is 23.6. The van der Waals surface area contributed by atoms with E-state index in [1.165, 1.54) is 16.7 Å². The second-order valence-corrected chi connectivity index (χ2v) is 9.96. The molecule has 0 saturated heterocycles. The Labute approximate surface area is 197 Å². The standard InChI is InChI=1S/C27H35N5O/c1-18-13-20(14-19(2)25(18)33)15-24(32(3)4)27(11-12-27)31-26(29-17-28)30-23-10-9-21-7-5-6-8-22(21)16-23/h5-8,13-14,23-24,33H,9-12,15-16H2,1-4H3,(H2,29,30,31)/t23-,24?/m0/s1. The molecule has 6 nitrogen and oxygen atoms in total. The van der Waals surface area contributed by atoms with Crippen molar-refractivity contribution in [3.8, 4) is 11.9 Å². The third kappa shape index (κ3) is 5.15. The zero-order valence-electron chi connectivity index (χ0n) is 20.2. The normalized spacial score (nSPS) is 20.0. The van der Waals surface area contributed by atoms with E-state index < -0.39 is 0 Å². The molecule has 0 radical (unpaired) electrons. The van der Waals surface area contributed by atoms with Crippen LogP contribution in [0.15, 0.2) is 41.4 Å². The van der Waals surface area contributed by atoms with Crippen molar-refractivity contribution in [1.29, 1.82) is 5.26 Å². The second kappa shape index (κ2) is 9.44. The van der Waals surface area contributed by atoms with Crippen molar-refractivity contribution in [2.45, 2.75) is 70.0 Å². The number of benzene rings is 2. The van der Waals surface area contributed by atoms with Gasteiger partial charge >= 0.3 is 0 Å². The highest BCUT2D eigenvalue weighted by Crippen LogP contribution is 2.42. The fraction of sp³-hybridized carbons (Fsp3) is 0.481. The number of aryl methyl sites for hydroxylation is 3. The molecule has 3 N–H and O–H groups in total. The van der Waals surface area contributed by atoms with Gasteiger partial charge in [-0.25, -0.2) is 0 Å². The van der Waals surface area contributed by atoms with Gasteiger partial charge in [-0.15, -0.1) is 4.99 Å². The average molecular weight is 446 g/mol. The Balaban J connectivity index is 1.49. The van der Waals surface area contributed by atoms with E-state index in [1.54, 1.807) is 0 Å². The maximum atomic E-state index is 10.2. The van der Waals surface area contributed by atoms with E-state index in [-0.39, 0.29) is 17.6 Å². The smallest absolute Gasteiger partial charge is 0.209 e. The van der Waals surface area contributed by atoms with E-state index in [1.807, 2.05) is 20.0 Å². The van der Waals surface area contributed by atoms with Gasteiger partial charge in [0.05, 0.1) is 5.54 Å². The van der Waals surface area contributed by atoms with Gasteiger partial charge in [0.25, 0.3) is 0 Å². The molecule has 2 aliphatic carbocycles. The monoisotopic (exact) mass is 445 g/mol. The molecular formula is C27H35N5O. The Kier molecular flexibility index (Phi) is 6.62. The van der Waals surface area contributed by atoms with Gasteiger partial charge in [-0.3, -0.25) is 0 Å². The van der Waals surface area contributed by atoms with E-state index >= 15 is 0 Å². The lowest BCUT2D eigenvalue weighted by Gasteiger charge is -2.35. The molecule has 0 bridgehead atoms. The Morgan fingerprint density at radius 3 is 2.48 bits per heavy atom. The summed E-state index contributed by atoms with van der Waals surface area (Å²) in [5, 5.41) is 26.7. The number of aliphatic imine (C=N–C) groups is 1. The van der Waals surface area contributed by atoms with Crippen LogP contribution in [-0.4, -0.2) is 47.7 Å². The molecule has 2 atom stereocenters. The van der Waals surface area contributed by atoms with Crippen LogP contribution < -0.4 is 10.6 Å². The summed E-state index contributed by atoms with van der Waals surface area (Å²) in [5.41, 5.74) is 5.71. The quantitative estimate of drug-likeness (QED) is 0.360. The first-order valence-electron chi connectivity index (χ1n) is 11.8. The minimum absolute atomic E-state index is 0.127. The number of nitrogens with one attached hydrogen (secondary N) is 2. The molecule has 0 spiro atoms. The predicted molar refractivity (Wildman–Crippen MR) is 132 cm³/mol. The minimum atomic E-state index is -0.127. The Hall–Kier alpha value is -3.04. The molecule has 0 aliphatic heterocycles. The number of rotatable bonds is 6. The predicted octanol–water partition coefficient (Wildman–Crippen LogP) is 3.59. The van der Waals surface area contributed by atoms with Crippen LogP contribution in [0.5, 0.6) is 5.75 Å². The van der Waals surface area contributed by atoms with E-state index in [2.05, 4.69) is 71.0 Å². The van der Waals surface area contributed by atoms with E-state index in [9.17, 15) is 10.4 Å². The number of phenols is 1. The van der Waals surface area contributed by atoms with Gasteiger partial charge in [0.2, 0.25) is 12.2 Å². The summed E-state index contributed by atoms with van der Waals surface area (Å²) in [4.78, 5) is 6.40. The summed E-state index contributed by atoms with van der Waals surface area (Å²) < 4.78 is 0. The van der Waals surface area contributed by atoms with Crippen LogP contribution >= 0.6 is 0 Å². The third-order valence-corrected chi connectivity index (χ3v) is 7.25. The number of likely N-dealkylation sites (N-methyl/N-ethyl adjacent to an activating group) is 1. The minimum Gasteiger partial charge on any atom is -0.507 e. The SMILES string of the molecule is Cc1cc(CC(N(C)C)C2(NC(=NC#N)N[C@H]3CCc4ccccc4C3)CC2)cc(C)c1O. The molecule has 2 aromatic carbocycles. The molecule has 6 heteroatoms. The van der Waals surface area contributed by atoms with Crippen molar-refractivity contribution in [2.75, 3.05) is 14.1 Å². The van der Waals surface area contributed by atoms with Crippen molar-refractivity contribution < 1.29 is 5.11 Å². The van der Waals surface area contributed by atoms with Crippen molar-refractivity contribution in [3.05, 3.63) is 64.2 Å². The van der Waals surface area contributed by atoms with Crippen molar-refractivity contribution in [1.82, 2.24) is 15.5 Å². The molecule has 1 saturated carbocycles. The number of aromatic hydroxyl groups is 1. The first-order valence-corrected chi connectivity index (χ1v) is 11.8. The summed E-state index contributed by atoms with van der Waals surface area (Å²) >= 11 is 0. The second-order valence-electron chi connectivity index (χ2n) is 9.96. The Morgan fingerprint density at radius 2 is 1.88 bits per heavy atom. The Morgan fingerprint density at radius 1 is 1.21 bits per heavy atom. The molecule has 0 aromatic heterocycles. The van der Waals surface area contributed by atoms with Gasteiger partial charge < -0.3 is 20.6 Å². The molecule has 33 heavy (non-hydrogen) atoms. The van der Waals surface area contributed by atoms with Crippen LogP contribution in [0, 0.1) is 25.3 Å². The molecule has 4 rings (SSSR count). The van der Waals surface area contributed by atoms with Gasteiger partial charge in [-0.2, -0.15) is 5.26 Å². The lowest BCUT2D eigenvalue weighted by Crippen LogP contribution is -2.57. The highest BCUT2D eigenvalue weighted by molar-refractivity contribution is 5.82. The molecule has 2 aliphatic rings. The third-order valence-electron chi connectivity index (χ3n) is 7.25. The van der Waals surface area contributed by atoms with Gasteiger partial charge in [0.1, 0.15) is 5.75 Å². The van der Waals surface area contributed by atoms with Crippen LogP contribution in [0.4, 0.5) is 0 Å². The number of nitrogens with zero attached hydrogens (tertiary/aromatic N) is 3. The number of fused-ring (bicyclic) bond motifs is 1. The molecule has 1 unspecified atom stereocenters. The van der Waals surface area contributed by atoms with Gasteiger partial charge in [-0.05, 0) is 94.3 Å². The van der Waals surface area contributed by atoms with Crippen molar-refractivity contribution in [2.24, 2.45) is 4.99 Å². The van der Waals surface area contributed by atoms with Crippen molar-refractivity contribution >= 4 is 5.96 Å². The zero-order valence-corrected chi connectivity index (χ0v) is 20.2. The average Bonchev–Trinajstić information content (AvgIpc) is 3.55. The summed E-state index contributed by atoms with van der Waals surface area (Å²) in [7, 11) is 4.22. The van der Waals surface area contributed by atoms with Crippen LogP contribution in [0.25, 0.3) is 0 Å². The fourth-order valence-corrected chi connectivity index (χ4v) is 5.33. The first kappa shape index (κ1) is 23.1. The molecule has 1 fully saturated rings. The van der Waals surface area contributed by atoms with Crippen LogP contribution in [0.1, 0.15) is 47.1 Å². The number of guanidine groups is 1. The summed E-state index contributed by atoms with van der Waals surface area (Å²) in [5.74, 6) is 0.963. The van der Waals surface area contributed by atoms with Crippen LogP contribution in [-0.2, 0) is 19.3 Å².